The van der Waals surface area contributed by atoms with Crippen molar-refractivity contribution < 1.29 is 0 Å². The largest absolute Gasteiger partial charge is 0.345 e. The highest BCUT2D eigenvalue weighted by Crippen LogP contribution is 2.15. The number of aromatic nitrogens is 2. The van der Waals surface area contributed by atoms with Crippen LogP contribution in [0, 0.1) is 5.41 Å². The third kappa shape index (κ3) is 1.14. The van der Waals surface area contributed by atoms with Crippen LogP contribution in [0.25, 0.3) is 11.0 Å². The zero-order chi connectivity index (χ0) is 9.26. The van der Waals surface area contributed by atoms with Gasteiger partial charge < -0.3 is 10.4 Å². The fourth-order valence-corrected chi connectivity index (χ4v) is 1.29. The molecule has 13 heavy (non-hydrogen) atoms. The number of H-pyrrole nitrogens is 1. The number of hydrogen-bond acceptors (Lipinski definition) is 2. The summed E-state index contributed by atoms with van der Waals surface area (Å²) in [5.74, 6) is 0. The highest BCUT2D eigenvalue weighted by molar-refractivity contribution is 6.13. The molecule has 0 radical (unpaired) electrons. The summed E-state index contributed by atoms with van der Waals surface area (Å²) in [5.41, 5.74) is 2.07. The topological polar surface area (TPSA) is 52.5 Å². The van der Waals surface area contributed by atoms with Crippen molar-refractivity contribution in [1.29, 1.82) is 5.41 Å². The van der Waals surface area contributed by atoms with Gasteiger partial charge in [-0.15, -0.1) is 0 Å². The minimum absolute atomic E-state index is 0.416. The molecule has 3 heteroatoms. The second-order valence-electron chi connectivity index (χ2n) is 2.72. The molecule has 0 atom stereocenters. The van der Waals surface area contributed by atoms with Crippen LogP contribution in [-0.4, -0.2) is 15.7 Å². The normalized spacial score (nSPS) is 10.2. The maximum Gasteiger partial charge on any atom is 0.137 e. The van der Waals surface area contributed by atoms with Crippen molar-refractivity contribution in [3.05, 3.63) is 42.7 Å². The average molecular weight is 171 g/mol. The number of rotatable bonds is 2. The molecule has 64 valence electrons. The smallest absolute Gasteiger partial charge is 0.137 e. The Hall–Kier alpha value is -1.90. The van der Waals surface area contributed by atoms with Crippen molar-refractivity contribution in [2.75, 3.05) is 0 Å². The molecule has 2 aromatic heterocycles. The van der Waals surface area contributed by atoms with E-state index in [-0.39, 0.29) is 0 Å². The zero-order valence-corrected chi connectivity index (χ0v) is 7.04. The Morgan fingerprint density at radius 2 is 2.46 bits per heavy atom. The van der Waals surface area contributed by atoms with E-state index in [2.05, 4.69) is 16.5 Å². The summed E-state index contributed by atoms with van der Waals surface area (Å²) in [7, 11) is 0. The van der Waals surface area contributed by atoms with E-state index in [0.717, 1.165) is 16.6 Å². The first kappa shape index (κ1) is 7.73. The molecule has 2 N–H and O–H groups in total. The molecule has 2 aromatic rings. The van der Waals surface area contributed by atoms with E-state index in [1.54, 1.807) is 12.4 Å². The molecule has 0 bridgehead atoms. The lowest BCUT2D eigenvalue weighted by Gasteiger charge is -1.93. The predicted molar refractivity (Wildman–Crippen MR) is 53.1 cm³/mol. The van der Waals surface area contributed by atoms with Crippen LogP contribution in [-0.2, 0) is 0 Å². The van der Waals surface area contributed by atoms with Gasteiger partial charge >= 0.3 is 0 Å². The van der Waals surface area contributed by atoms with Crippen molar-refractivity contribution >= 4 is 16.7 Å². The van der Waals surface area contributed by atoms with E-state index in [4.69, 9.17) is 5.41 Å². The van der Waals surface area contributed by atoms with E-state index in [1.807, 2.05) is 12.1 Å². The fraction of sp³-hybridized carbons (Fsp3) is 0. The molecule has 0 fully saturated rings. The van der Waals surface area contributed by atoms with E-state index in [0.29, 0.717) is 5.71 Å². The van der Waals surface area contributed by atoms with Gasteiger partial charge in [0.15, 0.2) is 0 Å². The van der Waals surface area contributed by atoms with Crippen molar-refractivity contribution in [3.8, 4) is 0 Å². The molecule has 3 nitrogen and oxygen atoms in total. The summed E-state index contributed by atoms with van der Waals surface area (Å²) >= 11 is 0. The number of nitrogens with zero attached hydrogens (tertiary/aromatic N) is 1. The second-order valence-corrected chi connectivity index (χ2v) is 2.72. The second kappa shape index (κ2) is 2.86. The number of allylic oxidation sites excluding steroid dienone is 1. The van der Waals surface area contributed by atoms with Crippen LogP contribution in [0.2, 0.25) is 0 Å². The molecular formula is C10H9N3. The Kier molecular flexibility index (Phi) is 1.70. The van der Waals surface area contributed by atoms with Gasteiger partial charge in [-0.3, -0.25) is 0 Å². The van der Waals surface area contributed by atoms with Gasteiger partial charge in [0.25, 0.3) is 0 Å². The molecule has 0 aliphatic carbocycles. The van der Waals surface area contributed by atoms with Crippen LogP contribution < -0.4 is 0 Å². The molecule has 2 heterocycles. The number of aromatic amines is 1. The molecule has 0 saturated carbocycles. The first-order valence-corrected chi connectivity index (χ1v) is 3.96. The van der Waals surface area contributed by atoms with Crippen LogP contribution in [0.1, 0.15) is 5.56 Å². The summed E-state index contributed by atoms with van der Waals surface area (Å²) in [6.45, 7) is 3.56. The highest BCUT2D eigenvalue weighted by atomic mass is 14.8. The molecule has 0 aromatic carbocycles. The van der Waals surface area contributed by atoms with E-state index in [9.17, 15) is 0 Å². The predicted octanol–water partition coefficient (Wildman–Crippen LogP) is 2.12. The third-order valence-electron chi connectivity index (χ3n) is 1.95. The minimum Gasteiger partial charge on any atom is -0.345 e. The van der Waals surface area contributed by atoms with Gasteiger partial charge in [0.1, 0.15) is 5.65 Å². The van der Waals surface area contributed by atoms with Gasteiger partial charge in [-0.25, -0.2) is 4.98 Å². The van der Waals surface area contributed by atoms with Gasteiger partial charge in [-0.2, -0.15) is 0 Å². The Labute approximate surface area is 75.6 Å². The summed E-state index contributed by atoms with van der Waals surface area (Å²) < 4.78 is 0. The highest BCUT2D eigenvalue weighted by Gasteiger charge is 2.05. The van der Waals surface area contributed by atoms with Gasteiger partial charge in [-0.1, -0.05) is 6.58 Å². The standard InChI is InChI=1S/C10H9N3/c1-2-9(11)8-6-13-10-7(8)4-3-5-12-10/h2-6,11H,1H2,(H,12,13). The van der Waals surface area contributed by atoms with Crippen molar-refractivity contribution in [2.45, 2.75) is 0 Å². The SMILES string of the molecule is C=CC(=N)c1c[nH]c2ncccc12. The fourth-order valence-electron chi connectivity index (χ4n) is 1.29. The van der Waals surface area contributed by atoms with Crippen LogP contribution in [0.5, 0.6) is 0 Å². The van der Waals surface area contributed by atoms with Crippen LogP contribution in [0.4, 0.5) is 0 Å². The Morgan fingerprint density at radius 3 is 3.23 bits per heavy atom. The van der Waals surface area contributed by atoms with Crippen LogP contribution >= 0.6 is 0 Å². The average Bonchev–Trinajstić information content (AvgIpc) is 2.60. The molecule has 0 amide bonds. The number of hydrogen-bond donors (Lipinski definition) is 2. The van der Waals surface area contributed by atoms with Crippen LogP contribution in [0.3, 0.4) is 0 Å². The Bertz CT molecular complexity index is 468. The van der Waals surface area contributed by atoms with E-state index >= 15 is 0 Å². The summed E-state index contributed by atoms with van der Waals surface area (Å²) in [4.78, 5) is 7.14. The molecule has 0 aliphatic heterocycles. The lowest BCUT2D eigenvalue weighted by Crippen LogP contribution is -1.90. The number of nitrogens with one attached hydrogen (secondary N) is 2. The zero-order valence-electron chi connectivity index (χ0n) is 7.04. The van der Waals surface area contributed by atoms with Gasteiger partial charge in [0.05, 0.1) is 5.71 Å². The van der Waals surface area contributed by atoms with Gasteiger partial charge in [-0.05, 0) is 18.2 Å². The monoisotopic (exact) mass is 171 g/mol. The lowest BCUT2D eigenvalue weighted by atomic mass is 10.1. The Balaban J connectivity index is 2.71. The first-order valence-electron chi connectivity index (χ1n) is 3.96. The summed E-state index contributed by atoms with van der Waals surface area (Å²) in [6.07, 6.45) is 5.03. The maximum absolute atomic E-state index is 7.61. The van der Waals surface area contributed by atoms with E-state index in [1.165, 1.54) is 6.08 Å². The summed E-state index contributed by atoms with van der Waals surface area (Å²) in [5, 5.41) is 8.58. The molecule has 0 aliphatic rings. The van der Waals surface area contributed by atoms with E-state index < -0.39 is 0 Å². The van der Waals surface area contributed by atoms with Crippen molar-refractivity contribution in [2.24, 2.45) is 0 Å². The Morgan fingerprint density at radius 1 is 1.62 bits per heavy atom. The molecule has 2 rings (SSSR count). The summed E-state index contributed by atoms with van der Waals surface area (Å²) in [6, 6.07) is 3.79. The van der Waals surface area contributed by atoms with Gasteiger partial charge in [0, 0.05) is 23.3 Å². The molecule has 0 saturated heterocycles. The van der Waals surface area contributed by atoms with Gasteiger partial charge in [0.2, 0.25) is 0 Å². The maximum atomic E-state index is 7.61. The quantitative estimate of drug-likeness (QED) is 0.668. The van der Waals surface area contributed by atoms with Crippen molar-refractivity contribution in [1.82, 2.24) is 9.97 Å². The lowest BCUT2D eigenvalue weighted by molar-refractivity contribution is 1.32. The molecule has 0 unspecified atom stereocenters. The first-order chi connectivity index (χ1) is 6.33. The number of fused-ring (bicyclic) bond motifs is 1. The third-order valence-corrected chi connectivity index (χ3v) is 1.95. The van der Waals surface area contributed by atoms with Crippen LogP contribution in [0.15, 0.2) is 37.2 Å². The number of pyridine rings is 1. The van der Waals surface area contributed by atoms with Crippen molar-refractivity contribution in [3.63, 3.8) is 0 Å². The molecule has 0 spiro atoms. The molecular weight excluding hydrogens is 162 g/mol. The minimum atomic E-state index is 0.416.